The Morgan fingerprint density at radius 1 is 1.19 bits per heavy atom. The molecule has 1 heterocycles. The van der Waals surface area contributed by atoms with E-state index in [1.54, 1.807) is 48.5 Å². The first-order valence-corrected chi connectivity index (χ1v) is 9.16. The molecular weight excluding hydrogens is 396 g/mol. The van der Waals surface area contributed by atoms with Crippen LogP contribution in [0.4, 0.5) is 17.2 Å². The van der Waals surface area contributed by atoms with Crippen molar-refractivity contribution < 1.29 is 14.6 Å². The lowest BCUT2D eigenvalue weighted by atomic mass is 10.0. The van der Waals surface area contributed by atoms with Gasteiger partial charge in [0.15, 0.2) is 11.6 Å². The third kappa shape index (κ3) is 3.90. The van der Waals surface area contributed by atoms with E-state index in [1.807, 2.05) is 12.1 Å². The van der Waals surface area contributed by atoms with Gasteiger partial charge in [-0.3, -0.25) is 9.89 Å². The summed E-state index contributed by atoms with van der Waals surface area (Å²) >= 11 is 0. The molecule has 152 valence electrons. The minimum absolute atomic E-state index is 0.0173. The van der Waals surface area contributed by atoms with Crippen LogP contribution in [0.3, 0.4) is 0 Å². The van der Waals surface area contributed by atoms with Gasteiger partial charge in [0.2, 0.25) is 0 Å². The van der Waals surface area contributed by atoms with E-state index in [1.165, 1.54) is 13.3 Å². The van der Waals surface area contributed by atoms with E-state index in [4.69, 9.17) is 10.00 Å². The number of fused-ring (bicyclic) bond motifs is 1. The maximum atomic E-state index is 12.9. The molecule has 3 aromatic carbocycles. The fourth-order valence-corrected chi connectivity index (χ4v) is 3.01. The molecule has 1 amide bonds. The SMILES string of the molecule is COc1ccc2c(N=Nc3[nH]ncc3C#N)c(O)c(C(=O)Nc3ccccc3)cc2c1. The van der Waals surface area contributed by atoms with E-state index >= 15 is 0 Å². The van der Waals surface area contributed by atoms with Gasteiger partial charge in [-0.05, 0) is 41.8 Å². The van der Waals surface area contributed by atoms with Gasteiger partial charge in [0, 0.05) is 11.1 Å². The number of carbonyl (C=O) groups excluding carboxylic acids is 1. The second-order valence-corrected chi connectivity index (χ2v) is 6.47. The first kappa shape index (κ1) is 19.6. The number of benzene rings is 3. The fourth-order valence-electron chi connectivity index (χ4n) is 3.01. The first-order chi connectivity index (χ1) is 15.1. The third-order valence-corrected chi connectivity index (χ3v) is 4.56. The second-order valence-electron chi connectivity index (χ2n) is 6.47. The van der Waals surface area contributed by atoms with Crippen LogP contribution in [0.2, 0.25) is 0 Å². The number of amides is 1. The molecule has 0 atom stereocenters. The van der Waals surface area contributed by atoms with Crippen molar-refractivity contribution in [1.82, 2.24) is 10.2 Å². The topological polar surface area (TPSA) is 136 Å². The largest absolute Gasteiger partial charge is 0.505 e. The summed E-state index contributed by atoms with van der Waals surface area (Å²) in [5.41, 5.74) is 0.879. The third-order valence-electron chi connectivity index (χ3n) is 4.56. The Kier molecular flexibility index (Phi) is 5.27. The molecule has 4 rings (SSSR count). The maximum Gasteiger partial charge on any atom is 0.259 e. The lowest BCUT2D eigenvalue weighted by molar-refractivity contribution is 0.102. The number of nitrogens with zero attached hydrogens (tertiary/aromatic N) is 4. The monoisotopic (exact) mass is 412 g/mol. The Morgan fingerprint density at radius 2 is 2.00 bits per heavy atom. The van der Waals surface area contributed by atoms with Gasteiger partial charge in [-0.25, -0.2) is 0 Å². The van der Waals surface area contributed by atoms with Crippen LogP contribution in [0.1, 0.15) is 15.9 Å². The van der Waals surface area contributed by atoms with Gasteiger partial charge in [-0.1, -0.05) is 18.2 Å². The molecule has 0 spiro atoms. The number of aromatic amines is 1. The van der Waals surface area contributed by atoms with Crippen molar-refractivity contribution in [2.24, 2.45) is 10.2 Å². The van der Waals surface area contributed by atoms with Crippen LogP contribution in [-0.4, -0.2) is 28.3 Å². The molecular formula is C22H16N6O3. The highest BCUT2D eigenvalue weighted by Crippen LogP contribution is 2.40. The normalized spacial score (nSPS) is 10.8. The number of nitriles is 1. The Labute approximate surface area is 176 Å². The zero-order valence-electron chi connectivity index (χ0n) is 16.3. The zero-order valence-corrected chi connectivity index (χ0v) is 16.3. The van der Waals surface area contributed by atoms with Crippen molar-refractivity contribution in [2.75, 3.05) is 12.4 Å². The van der Waals surface area contributed by atoms with Crippen molar-refractivity contribution in [3.63, 3.8) is 0 Å². The first-order valence-electron chi connectivity index (χ1n) is 9.16. The number of H-pyrrole nitrogens is 1. The van der Waals surface area contributed by atoms with Crippen LogP contribution in [-0.2, 0) is 0 Å². The van der Waals surface area contributed by atoms with E-state index in [0.717, 1.165) is 0 Å². The van der Waals surface area contributed by atoms with Gasteiger partial charge in [0.05, 0.1) is 18.9 Å². The standard InChI is InChI=1S/C22H16N6O3/c1-31-16-7-8-17-13(9-16)10-18(22(30)25-15-5-3-2-4-6-15)20(29)19(17)26-28-21-14(11-23)12-24-27-21/h2-10,12,29H,1H3,(H,24,27)(H,25,30). The van der Waals surface area contributed by atoms with Gasteiger partial charge in [0.1, 0.15) is 23.1 Å². The number of rotatable bonds is 5. The van der Waals surface area contributed by atoms with Crippen molar-refractivity contribution >= 4 is 33.9 Å². The molecule has 0 bridgehead atoms. The van der Waals surface area contributed by atoms with E-state index in [-0.39, 0.29) is 28.4 Å². The average Bonchev–Trinajstić information content (AvgIpc) is 3.26. The maximum absolute atomic E-state index is 12.9. The average molecular weight is 412 g/mol. The molecule has 0 aliphatic rings. The van der Waals surface area contributed by atoms with Gasteiger partial charge in [-0.2, -0.15) is 10.4 Å². The molecule has 0 aliphatic heterocycles. The summed E-state index contributed by atoms with van der Waals surface area (Å²) in [4.78, 5) is 12.9. The second kappa shape index (κ2) is 8.34. The van der Waals surface area contributed by atoms with Crippen molar-refractivity contribution in [3.05, 3.63) is 71.9 Å². The number of para-hydroxylation sites is 1. The van der Waals surface area contributed by atoms with Crippen LogP contribution in [0.15, 0.2) is 71.0 Å². The minimum atomic E-state index is -0.510. The summed E-state index contributed by atoms with van der Waals surface area (Å²) in [6.45, 7) is 0. The van der Waals surface area contributed by atoms with Crippen LogP contribution >= 0.6 is 0 Å². The van der Waals surface area contributed by atoms with Gasteiger partial charge in [0.25, 0.3) is 5.91 Å². The summed E-state index contributed by atoms with van der Waals surface area (Å²) in [6, 6.07) is 17.5. The lowest BCUT2D eigenvalue weighted by Gasteiger charge is -2.12. The molecule has 0 saturated carbocycles. The number of phenolic OH excluding ortho intramolecular Hbond substituents is 1. The molecule has 31 heavy (non-hydrogen) atoms. The number of azo groups is 1. The summed E-state index contributed by atoms with van der Waals surface area (Å²) in [7, 11) is 1.53. The number of phenols is 1. The molecule has 1 aromatic heterocycles. The summed E-state index contributed by atoms with van der Waals surface area (Å²) < 4.78 is 5.27. The Morgan fingerprint density at radius 3 is 2.74 bits per heavy atom. The number of carbonyl (C=O) groups is 1. The molecule has 0 saturated heterocycles. The Bertz CT molecular complexity index is 1340. The van der Waals surface area contributed by atoms with Crippen LogP contribution in [0.5, 0.6) is 11.5 Å². The number of methoxy groups -OCH3 is 1. The van der Waals surface area contributed by atoms with Gasteiger partial charge in [-0.15, -0.1) is 10.2 Å². The molecule has 3 N–H and O–H groups in total. The van der Waals surface area contributed by atoms with E-state index < -0.39 is 5.91 Å². The van der Waals surface area contributed by atoms with Gasteiger partial charge < -0.3 is 15.2 Å². The number of aromatic hydroxyl groups is 1. The predicted molar refractivity (Wildman–Crippen MR) is 114 cm³/mol. The number of ether oxygens (including phenoxy) is 1. The highest BCUT2D eigenvalue weighted by atomic mass is 16.5. The van der Waals surface area contributed by atoms with Crippen molar-refractivity contribution in [1.29, 1.82) is 5.26 Å². The van der Waals surface area contributed by atoms with Crippen molar-refractivity contribution in [2.45, 2.75) is 0 Å². The van der Waals surface area contributed by atoms with Gasteiger partial charge >= 0.3 is 0 Å². The predicted octanol–water partition coefficient (Wildman–Crippen LogP) is 4.82. The highest BCUT2D eigenvalue weighted by molar-refractivity contribution is 6.11. The molecule has 9 nitrogen and oxygen atoms in total. The molecule has 0 unspecified atom stereocenters. The molecule has 4 aromatic rings. The summed E-state index contributed by atoms with van der Waals surface area (Å²) in [5.74, 6) is -0.129. The number of nitrogens with one attached hydrogen (secondary N) is 2. The molecule has 0 radical (unpaired) electrons. The van der Waals surface area contributed by atoms with Crippen molar-refractivity contribution in [3.8, 4) is 17.6 Å². The Hall–Kier alpha value is -4.71. The van der Waals surface area contributed by atoms with Crippen LogP contribution < -0.4 is 10.1 Å². The Balaban J connectivity index is 1.84. The summed E-state index contributed by atoms with van der Waals surface area (Å²) in [6.07, 6.45) is 1.32. The quantitative estimate of drug-likeness (QED) is 0.404. The molecule has 0 aliphatic carbocycles. The zero-order chi connectivity index (χ0) is 21.8. The number of anilines is 1. The molecule has 9 heteroatoms. The minimum Gasteiger partial charge on any atom is -0.505 e. The number of hydrogen-bond acceptors (Lipinski definition) is 7. The highest BCUT2D eigenvalue weighted by Gasteiger charge is 2.19. The van der Waals surface area contributed by atoms with Crippen LogP contribution in [0.25, 0.3) is 10.8 Å². The smallest absolute Gasteiger partial charge is 0.259 e. The van der Waals surface area contributed by atoms with E-state index in [2.05, 4.69) is 25.7 Å². The number of aromatic nitrogens is 2. The van der Waals surface area contributed by atoms with E-state index in [0.29, 0.717) is 22.2 Å². The molecule has 0 fully saturated rings. The number of hydrogen-bond donors (Lipinski definition) is 3. The lowest BCUT2D eigenvalue weighted by Crippen LogP contribution is -2.12. The fraction of sp³-hybridized carbons (Fsp3) is 0.0455. The summed E-state index contributed by atoms with van der Waals surface area (Å²) in [5, 5.41) is 38.4. The van der Waals surface area contributed by atoms with Crippen LogP contribution in [0, 0.1) is 11.3 Å². The van der Waals surface area contributed by atoms with E-state index in [9.17, 15) is 9.90 Å².